The lowest BCUT2D eigenvalue weighted by Crippen LogP contribution is -2.48. The summed E-state index contributed by atoms with van der Waals surface area (Å²) in [6, 6.07) is 0. The van der Waals surface area contributed by atoms with Crippen molar-refractivity contribution in [1.29, 1.82) is 0 Å². The number of rotatable bonds is 2. The molecule has 2 rings (SSSR count). The highest BCUT2D eigenvalue weighted by Crippen LogP contribution is 2.41. The summed E-state index contributed by atoms with van der Waals surface area (Å²) in [6.45, 7) is 3.90. The van der Waals surface area contributed by atoms with Gasteiger partial charge in [0.25, 0.3) is 0 Å². The van der Waals surface area contributed by atoms with E-state index in [-0.39, 0.29) is 17.8 Å². The van der Waals surface area contributed by atoms with Crippen molar-refractivity contribution in [1.82, 2.24) is 0 Å². The highest BCUT2D eigenvalue weighted by Gasteiger charge is 2.50. The second-order valence-corrected chi connectivity index (χ2v) is 3.57. The first-order chi connectivity index (χ1) is 5.65. The Morgan fingerprint density at radius 2 is 2.25 bits per heavy atom. The standard InChI is InChI=1S/C10H12O2/c1-7(2)12-10-6-5-8(10)3-4-9(10)11/h3-8H,1-2H3. The van der Waals surface area contributed by atoms with Gasteiger partial charge in [-0.15, -0.1) is 0 Å². The van der Waals surface area contributed by atoms with E-state index in [0.717, 1.165) is 0 Å². The summed E-state index contributed by atoms with van der Waals surface area (Å²) < 4.78 is 5.61. The Balaban J connectivity index is 2.22. The molecular formula is C10H12O2. The SMILES string of the molecule is CC(C)OC12C=CC1C=CC2=O. The second-order valence-electron chi connectivity index (χ2n) is 3.57. The Morgan fingerprint density at radius 1 is 1.50 bits per heavy atom. The van der Waals surface area contributed by atoms with E-state index in [1.54, 1.807) is 6.08 Å². The van der Waals surface area contributed by atoms with Gasteiger partial charge in [-0.1, -0.05) is 12.2 Å². The molecule has 0 aliphatic heterocycles. The predicted octanol–water partition coefficient (Wildman–Crippen LogP) is 1.48. The van der Waals surface area contributed by atoms with Gasteiger partial charge in [0.1, 0.15) is 0 Å². The van der Waals surface area contributed by atoms with Crippen molar-refractivity contribution in [2.75, 3.05) is 0 Å². The zero-order valence-electron chi connectivity index (χ0n) is 7.28. The molecular weight excluding hydrogens is 152 g/mol. The molecule has 0 saturated carbocycles. The molecule has 0 radical (unpaired) electrons. The molecule has 0 spiro atoms. The van der Waals surface area contributed by atoms with Gasteiger partial charge in [-0.05, 0) is 26.0 Å². The first-order valence-corrected chi connectivity index (χ1v) is 4.25. The third kappa shape index (κ3) is 0.815. The topological polar surface area (TPSA) is 26.3 Å². The molecule has 0 aromatic rings. The Morgan fingerprint density at radius 3 is 2.67 bits per heavy atom. The van der Waals surface area contributed by atoms with Crippen molar-refractivity contribution in [2.45, 2.75) is 25.6 Å². The molecule has 0 heterocycles. The van der Waals surface area contributed by atoms with Crippen molar-refractivity contribution in [3.63, 3.8) is 0 Å². The zero-order valence-corrected chi connectivity index (χ0v) is 7.28. The van der Waals surface area contributed by atoms with Crippen molar-refractivity contribution in [2.24, 2.45) is 5.92 Å². The average molecular weight is 164 g/mol. The van der Waals surface area contributed by atoms with Crippen molar-refractivity contribution in [3.8, 4) is 0 Å². The molecule has 0 aromatic heterocycles. The molecule has 0 bridgehead atoms. The summed E-state index contributed by atoms with van der Waals surface area (Å²) in [5, 5.41) is 0. The summed E-state index contributed by atoms with van der Waals surface area (Å²) >= 11 is 0. The maximum absolute atomic E-state index is 11.4. The second kappa shape index (κ2) is 2.30. The summed E-state index contributed by atoms with van der Waals surface area (Å²) in [4.78, 5) is 11.4. The number of ether oxygens (including phenoxy) is 1. The largest absolute Gasteiger partial charge is 0.359 e. The molecule has 2 atom stereocenters. The van der Waals surface area contributed by atoms with Crippen LogP contribution in [-0.2, 0) is 9.53 Å². The van der Waals surface area contributed by atoms with Gasteiger partial charge in [-0.25, -0.2) is 0 Å². The van der Waals surface area contributed by atoms with E-state index in [9.17, 15) is 4.79 Å². The molecule has 12 heavy (non-hydrogen) atoms. The van der Waals surface area contributed by atoms with Crippen molar-refractivity contribution >= 4 is 5.78 Å². The monoisotopic (exact) mass is 164 g/mol. The van der Waals surface area contributed by atoms with Crippen LogP contribution in [0, 0.1) is 5.92 Å². The smallest absolute Gasteiger partial charge is 0.192 e. The maximum Gasteiger partial charge on any atom is 0.192 e. The van der Waals surface area contributed by atoms with Gasteiger partial charge in [0.2, 0.25) is 0 Å². The fourth-order valence-corrected chi connectivity index (χ4v) is 1.72. The fraction of sp³-hybridized carbons (Fsp3) is 0.500. The summed E-state index contributed by atoms with van der Waals surface area (Å²) in [5.74, 6) is 0.274. The summed E-state index contributed by atoms with van der Waals surface area (Å²) in [6.07, 6.45) is 7.49. The van der Waals surface area contributed by atoms with Gasteiger partial charge < -0.3 is 4.74 Å². The van der Waals surface area contributed by atoms with E-state index in [1.165, 1.54) is 0 Å². The van der Waals surface area contributed by atoms with Gasteiger partial charge in [0.05, 0.1) is 6.10 Å². The van der Waals surface area contributed by atoms with Crippen LogP contribution in [0.5, 0.6) is 0 Å². The summed E-state index contributed by atoms with van der Waals surface area (Å²) in [5.41, 5.74) is -0.617. The van der Waals surface area contributed by atoms with E-state index in [2.05, 4.69) is 0 Å². The van der Waals surface area contributed by atoms with E-state index in [0.29, 0.717) is 0 Å². The number of hydrogen-bond acceptors (Lipinski definition) is 2. The minimum Gasteiger partial charge on any atom is -0.359 e. The Labute approximate surface area is 71.9 Å². The Kier molecular flexibility index (Phi) is 1.48. The van der Waals surface area contributed by atoms with Crippen LogP contribution in [0.1, 0.15) is 13.8 Å². The van der Waals surface area contributed by atoms with E-state index < -0.39 is 5.60 Å². The quantitative estimate of drug-likeness (QED) is 0.578. The lowest BCUT2D eigenvalue weighted by Gasteiger charge is -2.37. The van der Waals surface area contributed by atoms with E-state index in [1.807, 2.05) is 32.1 Å². The average Bonchev–Trinajstić information content (AvgIpc) is 2.13. The summed E-state index contributed by atoms with van der Waals surface area (Å²) in [7, 11) is 0. The maximum atomic E-state index is 11.4. The van der Waals surface area contributed by atoms with Crippen LogP contribution in [0.2, 0.25) is 0 Å². The first kappa shape index (κ1) is 7.74. The molecule has 0 N–H and O–H groups in total. The van der Waals surface area contributed by atoms with Crippen LogP contribution in [0.3, 0.4) is 0 Å². The fourth-order valence-electron chi connectivity index (χ4n) is 1.72. The lowest BCUT2D eigenvalue weighted by atomic mass is 9.79. The number of fused-ring (bicyclic) bond motifs is 1. The molecule has 0 aromatic carbocycles. The van der Waals surface area contributed by atoms with Crippen LogP contribution >= 0.6 is 0 Å². The lowest BCUT2D eigenvalue weighted by molar-refractivity contribution is -0.142. The molecule has 0 amide bonds. The molecule has 2 unspecified atom stereocenters. The molecule has 2 heteroatoms. The normalized spacial score (nSPS) is 37.2. The van der Waals surface area contributed by atoms with Crippen LogP contribution in [0.25, 0.3) is 0 Å². The number of hydrogen-bond donors (Lipinski definition) is 0. The minimum absolute atomic E-state index is 0.0868. The molecule has 2 nitrogen and oxygen atoms in total. The van der Waals surface area contributed by atoms with Gasteiger partial charge in [-0.2, -0.15) is 0 Å². The van der Waals surface area contributed by atoms with Gasteiger partial charge >= 0.3 is 0 Å². The van der Waals surface area contributed by atoms with Crippen LogP contribution in [-0.4, -0.2) is 17.5 Å². The highest BCUT2D eigenvalue weighted by molar-refractivity contribution is 6.03. The molecule has 2 aliphatic rings. The van der Waals surface area contributed by atoms with Crippen LogP contribution in [0.4, 0.5) is 0 Å². The van der Waals surface area contributed by atoms with Crippen LogP contribution < -0.4 is 0 Å². The minimum atomic E-state index is -0.617. The van der Waals surface area contributed by atoms with E-state index in [4.69, 9.17) is 4.74 Å². The third-order valence-electron chi connectivity index (χ3n) is 2.32. The van der Waals surface area contributed by atoms with Gasteiger partial charge in [-0.3, -0.25) is 4.79 Å². The molecule has 2 aliphatic carbocycles. The van der Waals surface area contributed by atoms with Gasteiger partial charge in [0.15, 0.2) is 11.4 Å². The number of carbonyl (C=O) groups is 1. The number of ketones is 1. The molecule has 64 valence electrons. The predicted molar refractivity (Wildman–Crippen MR) is 45.7 cm³/mol. The van der Waals surface area contributed by atoms with Crippen molar-refractivity contribution < 1.29 is 9.53 Å². The molecule has 0 saturated heterocycles. The van der Waals surface area contributed by atoms with Crippen molar-refractivity contribution in [3.05, 3.63) is 24.3 Å². The molecule has 0 fully saturated rings. The Bertz CT molecular complexity index is 276. The van der Waals surface area contributed by atoms with Crippen LogP contribution in [0.15, 0.2) is 24.3 Å². The third-order valence-corrected chi connectivity index (χ3v) is 2.32. The zero-order chi connectivity index (χ0) is 8.77. The number of carbonyl (C=O) groups excluding carboxylic acids is 1. The first-order valence-electron chi connectivity index (χ1n) is 4.25. The van der Waals surface area contributed by atoms with E-state index >= 15 is 0 Å². The Hall–Kier alpha value is -0.890. The van der Waals surface area contributed by atoms with Gasteiger partial charge in [0, 0.05) is 5.92 Å². The highest BCUT2D eigenvalue weighted by atomic mass is 16.5.